The fraction of sp³-hybridized carbons (Fsp3) is 0.762. The second kappa shape index (κ2) is 19.0. The molecule has 0 aliphatic heterocycles. The van der Waals surface area contributed by atoms with Crippen molar-refractivity contribution in [3.63, 3.8) is 0 Å². The van der Waals surface area contributed by atoms with Gasteiger partial charge in [-0.2, -0.15) is 0 Å². The molecule has 0 aliphatic rings. The van der Waals surface area contributed by atoms with E-state index in [2.05, 4.69) is 24.4 Å². The van der Waals surface area contributed by atoms with Crippen molar-refractivity contribution in [1.29, 1.82) is 0 Å². The van der Waals surface area contributed by atoms with Gasteiger partial charge in [0.05, 0.1) is 0 Å². The van der Waals surface area contributed by atoms with E-state index in [1.165, 1.54) is 77.0 Å². The Balaban J connectivity index is 3.17. The van der Waals surface area contributed by atoms with Gasteiger partial charge in [0.1, 0.15) is 0 Å². The summed E-state index contributed by atoms with van der Waals surface area (Å²) in [4.78, 5) is 11.4. The maximum Gasteiger partial charge on any atom is 0.223 e. The van der Waals surface area contributed by atoms with Crippen molar-refractivity contribution >= 4 is 5.91 Å². The molecule has 2 heteroatoms. The third-order valence-electron chi connectivity index (χ3n) is 4.08. The molecule has 0 spiro atoms. The van der Waals surface area contributed by atoms with Crippen LogP contribution in [-0.2, 0) is 4.79 Å². The molecule has 0 aromatic rings. The molecule has 23 heavy (non-hydrogen) atoms. The van der Waals surface area contributed by atoms with E-state index in [0.29, 0.717) is 6.42 Å². The third kappa shape index (κ3) is 18.9. The zero-order valence-electron chi connectivity index (χ0n) is 15.6. The van der Waals surface area contributed by atoms with E-state index in [1.807, 2.05) is 13.0 Å². The van der Waals surface area contributed by atoms with Gasteiger partial charge in [-0.25, -0.2) is 0 Å². The van der Waals surface area contributed by atoms with E-state index >= 15 is 0 Å². The van der Waals surface area contributed by atoms with Crippen molar-refractivity contribution in [2.24, 2.45) is 0 Å². The van der Waals surface area contributed by atoms with Gasteiger partial charge in [0, 0.05) is 6.42 Å². The first kappa shape index (κ1) is 21.9. The van der Waals surface area contributed by atoms with Crippen molar-refractivity contribution in [3.8, 4) is 0 Å². The van der Waals surface area contributed by atoms with Crippen molar-refractivity contribution in [3.05, 3.63) is 24.4 Å². The zero-order valence-corrected chi connectivity index (χ0v) is 15.6. The van der Waals surface area contributed by atoms with Crippen molar-refractivity contribution in [1.82, 2.24) is 5.32 Å². The van der Waals surface area contributed by atoms with Crippen LogP contribution >= 0.6 is 0 Å². The van der Waals surface area contributed by atoms with Gasteiger partial charge in [-0.05, 0) is 45.2 Å². The number of carbonyl (C=O) groups is 1. The molecular weight excluding hydrogens is 282 g/mol. The number of rotatable bonds is 16. The summed E-state index contributed by atoms with van der Waals surface area (Å²) in [5.74, 6) is 0.140. The number of nitrogens with one attached hydrogen (secondary N) is 1. The minimum absolute atomic E-state index is 0.140. The second-order valence-corrected chi connectivity index (χ2v) is 6.40. The van der Waals surface area contributed by atoms with Crippen LogP contribution in [0.5, 0.6) is 0 Å². The van der Waals surface area contributed by atoms with Crippen molar-refractivity contribution in [2.45, 2.75) is 104 Å². The van der Waals surface area contributed by atoms with Gasteiger partial charge in [0.2, 0.25) is 5.91 Å². The molecule has 0 rings (SSSR count). The third-order valence-corrected chi connectivity index (χ3v) is 4.08. The van der Waals surface area contributed by atoms with Crippen LogP contribution in [0.3, 0.4) is 0 Å². The van der Waals surface area contributed by atoms with Crippen LogP contribution in [0, 0.1) is 0 Å². The summed E-state index contributed by atoms with van der Waals surface area (Å²) in [5.41, 5.74) is 0. The van der Waals surface area contributed by atoms with Gasteiger partial charge >= 0.3 is 0 Å². The summed E-state index contributed by atoms with van der Waals surface area (Å²) in [5, 5.41) is 2.75. The fourth-order valence-electron chi connectivity index (χ4n) is 2.60. The van der Waals surface area contributed by atoms with Crippen LogP contribution in [0.4, 0.5) is 0 Å². The number of hydrogen-bond acceptors (Lipinski definition) is 1. The predicted molar refractivity (Wildman–Crippen MR) is 102 cm³/mol. The molecule has 0 atom stereocenters. The van der Waals surface area contributed by atoms with Crippen LogP contribution in [0.25, 0.3) is 0 Å². The second-order valence-electron chi connectivity index (χ2n) is 6.40. The lowest BCUT2D eigenvalue weighted by Gasteiger charge is -2.01. The van der Waals surface area contributed by atoms with Gasteiger partial charge < -0.3 is 5.32 Å². The van der Waals surface area contributed by atoms with Crippen LogP contribution in [0.15, 0.2) is 24.4 Å². The molecule has 0 aliphatic carbocycles. The molecule has 0 saturated carbocycles. The molecule has 0 fully saturated rings. The normalized spacial score (nSPS) is 11.6. The molecule has 1 amide bonds. The van der Waals surface area contributed by atoms with Gasteiger partial charge in [-0.3, -0.25) is 4.79 Å². The standard InChI is InChI=1S/C21H39NO/c1-3-5-6-7-8-9-10-11-12-13-14-15-16-17-18-19-21(23)22-20-4-2/h4,11-12,20H,3,5-10,13-19H2,1-2H3,(H,22,23)/b12-11-,20-4?. The number of allylic oxidation sites excluding steroid dienone is 3. The minimum Gasteiger partial charge on any atom is -0.333 e. The summed E-state index contributed by atoms with van der Waals surface area (Å²) < 4.78 is 0. The fourth-order valence-corrected chi connectivity index (χ4v) is 2.60. The molecule has 0 bridgehead atoms. The first-order valence-electron chi connectivity index (χ1n) is 9.86. The maximum absolute atomic E-state index is 11.4. The molecule has 1 N–H and O–H groups in total. The average Bonchev–Trinajstić information content (AvgIpc) is 2.56. The highest BCUT2D eigenvalue weighted by molar-refractivity contribution is 5.76. The summed E-state index contributed by atoms with van der Waals surface area (Å²) in [6.45, 7) is 4.17. The lowest BCUT2D eigenvalue weighted by molar-refractivity contribution is -0.120. The zero-order chi connectivity index (χ0) is 17.0. The van der Waals surface area contributed by atoms with Gasteiger partial charge in [-0.15, -0.1) is 0 Å². The first-order chi connectivity index (χ1) is 11.3. The largest absolute Gasteiger partial charge is 0.333 e. The summed E-state index contributed by atoms with van der Waals surface area (Å²) in [6.07, 6.45) is 25.7. The quantitative estimate of drug-likeness (QED) is 0.249. The van der Waals surface area contributed by atoms with E-state index in [4.69, 9.17) is 0 Å². The first-order valence-corrected chi connectivity index (χ1v) is 9.86. The highest BCUT2D eigenvalue weighted by Gasteiger charge is 1.97. The predicted octanol–water partition coefficient (Wildman–Crippen LogP) is 6.67. The van der Waals surface area contributed by atoms with E-state index in [-0.39, 0.29) is 5.91 Å². The lowest BCUT2D eigenvalue weighted by atomic mass is 10.1. The maximum atomic E-state index is 11.4. The molecular formula is C21H39NO. The van der Waals surface area contributed by atoms with E-state index in [1.54, 1.807) is 6.20 Å². The number of unbranched alkanes of at least 4 members (excludes halogenated alkanes) is 11. The molecule has 134 valence electrons. The van der Waals surface area contributed by atoms with Gasteiger partial charge in [0.25, 0.3) is 0 Å². The molecule has 0 aromatic carbocycles. The molecule has 0 radical (unpaired) electrons. The molecule has 0 heterocycles. The van der Waals surface area contributed by atoms with Gasteiger partial charge in [0.15, 0.2) is 0 Å². The Kier molecular flexibility index (Phi) is 18.1. The topological polar surface area (TPSA) is 29.1 Å². The Morgan fingerprint density at radius 1 is 0.783 bits per heavy atom. The Bertz CT molecular complexity index is 307. The van der Waals surface area contributed by atoms with Crippen LogP contribution in [0.1, 0.15) is 104 Å². The number of amides is 1. The van der Waals surface area contributed by atoms with E-state index in [0.717, 1.165) is 6.42 Å². The van der Waals surface area contributed by atoms with Crippen LogP contribution < -0.4 is 5.32 Å². The Labute approximate surface area is 144 Å². The van der Waals surface area contributed by atoms with E-state index < -0.39 is 0 Å². The van der Waals surface area contributed by atoms with Crippen molar-refractivity contribution in [2.75, 3.05) is 0 Å². The Morgan fingerprint density at radius 2 is 1.30 bits per heavy atom. The SMILES string of the molecule is CC=CNC(=O)CCCCCCC/C=C\CCCCCCCC. The smallest absolute Gasteiger partial charge is 0.223 e. The van der Waals surface area contributed by atoms with E-state index in [9.17, 15) is 4.79 Å². The monoisotopic (exact) mass is 321 g/mol. The Hall–Kier alpha value is -1.05. The van der Waals surface area contributed by atoms with Crippen LogP contribution in [0.2, 0.25) is 0 Å². The minimum atomic E-state index is 0.140. The highest BCUT2D eigenvalue weighted by Crippen LogP contribution is 2.09. The molecule has 0 saturated heterocycles. The Morgan fingerprint density at radius 3 is 1.87 bits per heavy atom. The van der Waals surface area contributed by atoms with Gasteiger partial charge in [-0.1, -0.05) is 76.5 Å². The summed E-state index contributed by atoms with van der Waals surface area (Å²) in [6, 6.07) is 0. The average molecular weight is 322 g/mol. The lowest BCUT2D eigenvalue weighted by Crippen LogP contribution is -2.15. The van der Waals surface area contributed by atoms with Crippen molar-refractivity contribution < 1.29 is 4.79 Å². The number of carbonyl (C=O) groups excluding carboxylic acids is 1. The number of hydrogen-bond donors (Lipinski definition) is 1. The highest BCUT2D eigenvalue weighted by atomic mass is 16.1. The molecule has 2 nitrogen and oxygen atoms in total. The molecule has 0 unspecified atom stereocenters. The summed E-state index contributed by atoms with van der Waals surface area (Å²) in [7, 11) is 0. The molecule has 0 aromatic heterocycles. The summed E-state index contributed by atoms with van der Waals surface area (Å²) >= 11 is 0. The van der Waals surface area contributed by atoms with Crippen LogP contribution in [-0.4, -0.2) is 5.91 Å².